The summed E-state index contributed by atoms with van der Waals surface area (Å²) in [6.45, 7) is 26.4. The second-order valence-electron chi connectivity index (χ2n) is 12.5. The van der Waals surface area contributed by atoms with Crippen LogP contribution in [-0.2, 0) is 46.4 Å². The van der Waals surface area contributed by atoms with E-state index >= 15 is 0 Å². The lowest BCUT2D eigenvalue weighted by atomic mass is 10.0. The molecular weight excluding hydrogens is 637 g/mol. The third-order valence-corrected chi connectivity index (χ3v) is 8.22. The van der Waals surface area contributed by atoms with Gasteiger partial charge in [-0.1, -0.05) is 106 Å². The van der Waals surface area contributed by atoms with Gasteiger partial charge in [0.2, 0.25) is 0 Å². The van der Waals surface area contributed by atoms with Crippen molar-refractivity contribution < 1.29 is 33.3 Å². The van der Waals surface area contributed by atoms with E-state index < -0.39 is 19.6 Å². The standard InChI is InChI=1S/C17H23NO3.C13H23NOSi.C8H12O3.CH4/c1-3-12-21-17(16(19)20-4-2)10-11-18(14-17)13-15-8-6-5-7-9-15;1-15-11-14(12-16(2,3)4)10-13-8-6-5-7-9-13;1-4-6-11-7(3)8(9)10-5-2;/h3,5-9H,1,4,10-14H2,2H3;5-9H,10-12H2,1-4H3;4H,1,3,5-6H2,2H3;1H4. The van der Waals surface area contributed by atoms with E-state index in [0.717, 1.165) is 26.4 Å². The SMILES string of the molecule is C.C=CCOC(=C)C(=O)OCC.C=CCOC1(C(=O)OCC)CCN(Cc2ccccc2)C1.COCN(Cc1ccccc1)C[Si](C)(C)C. The van der Waals surface area contributed by atoms with Crippen molar-refractivity contribution in [3.05, 3.63) is 109 Å². The molecule has 0 saturated carbocycles. The second-order valence-corrected chi connectivity index (χ2v) is 17.9. The van der Waals surface area contributed by atoms with Crippen molar-refractivity contribution in [3.8, 4) is 0 Å². The molecule has 0 bridgehead atoms. The number of likely N-dealkylation sites (tertiary alicyclic amines) is 1. The minimum atomic E-state index is -1.07. The Morgan fingerprint density at radius 1 is 0.898 bits per heavy atom. The van der Waals surface area contributed by atoms with Crippen LogP contribution in [0.2, 0.25) is 19.6 Å². The van der Waals surface area contributed by atoms with E-state index in [1.807, 2.05) is 25.1 Å². The number of benzene rings is 2. The van der Waals surface area contributed by atoms with Crippen LogP contribution in [0.15, 0.2) is 98.3 Å². The molecule has 49 heavy (non-hydrogen) atoms. The van der Waals surface area contributed by atoms with Gasteiger partial charge < -0.3 is 23.7 Å². The molecule has 0 spiro atoms. The number of carbonyl (C=O) groups is 2. The molecule has 1 unspecified atom stereocenters. The molecule has 1 atom stereocenters. The fourth-order valence-electron chi connectivity index (χ4n) is 4.93. The smallest absolute Gasteiger partial charge is 0.372 e. The van der Waals surface area contributed by atoms with Crippen LogP contribution in [0.5, 0.6) is 0 Å². The largest absolute Gasteiger partial charge is 0.483 e. The number of hydrogen-bond donors (Lipinski definition) is 0. The number of carbonyl (C=O) groups excluding carboxylic acids is 2. The lowest BCUT2D eigenvalue weighted by molar-refractivity contribution is -0.169. The minimum Gasteiger partial charge on any atom is -0.483 e. The summed E-state index contributed by atoms with van der Waals surface area (Å²) >= 11 is 0. The zero-order valence-corrected chi connectivity index (χ0v) is 31.1. The number of nitrogens with zero attached hydrogens (tertiary/aromatic N) is 2. The summed E-state index contributed by atoms with van der Waals surface area (Å²) in [5.41, 5.74) is 1.75. The number of rotatable bonds is 18. The van der Waals surface area contributed by atoms with Crippen LogP contribution >= 0.6 is 0 Å². The average Bonchev–Trinajstić information content (AvgIpc) is 3.47. The van der Waals surface area contributed by atoms with E-state index in [-0.39, 0.29) is 25.8 Å². The zero-order chi connectivity index (χ0) is 35.8. The van der Waals surface area contributed by atoms with E-state index in [2.05, 4.69) is 96.4 Å². The summed E-state index contributed by atoms with van der Waals surface area (Å²) < 4.78 is 25.7. The highest BCUT2D eigenvalue weighted by atomic mass is 28.3. The average molecular weight is 699 g/mol. The third kappa shape index (κ3) is 19.3. The highest BCUT2D eigenvalue weighted by Gasteiger charge is 2.46. The normalized spacial score (nSPS) is 15.3. The van der Waals surface area contributed by atoms with Crippen molar-refractivity contribution >= 4 is 20.0 Å². The Balaban J connectivity index is 0.000000736. The summed E-state index contributed by atoms with van der Waals surface area (Å²) in [6.07, 6.45) is 5.04. The molecule has 0 radical (unpaired) electrons. The summed E-state index contributed by atoms with van der Waals surface area (Å²) in [7, 11) is 0.701. The molecule has 1 fully saturated rings. The summed E-state index contributed by atoms with van der Waals surface area (Å²) in [4.78, 5) is 27.7. The molecule has 0 aromatic heterocycles. The van der Waals surface area contributed by atoms with Crippen LogP contribution in [0.25, 0.3) is 0 Å². The molecule has 9 nitrogen and oxygen atoms in total. The zero-order valence-electron chi connectivity index (χ0n) is 30.1. The Morgan fingerprint density at radius 3 is 1.98 bits per heavy atom. The first-order valence-electron chi connectivity index (χ1n) is 16.5. The molecule has 1 heterocycles. The topological polar surface area (TPSA) is 86.8 Å². The molecule has 2 aromatic carbocycles. The van der Waals surface area contributed by atoms with E-state index in [0.29, 0.717) is 32.8 Å². The Hall–Kier alpha value is -3.54. The van der Waals surface area contributed by atoms with Crippen LogP contribution in [0.3, 0.4) is 0 Å². The fraction of sp³-hybridized carbons (Fsp3) is 0.487. The maximum atomic E-state index is 12.3. The molecule has 1 aliphatic heterocycles. The molecule has 3 rings (SSSR count). The van der Waals surface area contributed by atoms with Crippen LogP contribution in [0.4, 0.5) is 0 Å². The molecule has 274 valence electrons. The van der Waals surface area contributed by atoms with Crippen LogP contribution < -0.4 is 0 Å². The molecular formula is C39H62N2O7Si. The van der Waals surface area contributed by atoms with Gasteiger partial charge in [0.25, 0.3) is 0 Å². The second kappa shape index (κ2) is 25.4. The van der Waals surface area contributed by atoms with E-state index in [4.69, 9.17) is 18.9 Å². The predicted molar refractivity (Wildman–Crippen MR) is 203 cm³/mol. The van der Waals surface area contributed by atoms with Crippen molar-refractivity contribution in [2.24, 2.45) is 0 Å². The van der Waals surface area contributed by atoms with Crippen LogP contribution in [0, 0.1) is 0 Å². The maximum Gasteiger partial charge on any atom is 0.372 e. The number of esters is 2. The highest BCUT2D eigenvalue weighted by Crippen LogP contribution is 2.28. The van der Waals surface area contributed by atoms with Crippen LogP contribution in [-0.4, -0.2) is 94.9 Å². The number of ether oxygens (including phenoxy) is 5. The Labute approximate surface area is 297 Å². The highest BCUT2D eigenvalue weighted by molar-refractivity contribution is 6.76. The van der Waals surface area contributed by atoms with E-state index in [1.165, 1.54) is 23.4 Å². The number of methoxy groups -OCH3 is 1. The first-order valence-corrected chi connectivity index (χ1v) is 20.2. The summed E-state index contributed by atoms with van der Waals surface area (Å²) in [6, 6.07) is 20.8. The third-order valence-electron chi connectivity index (χ3n) is 6.82. The summed E-state index contributed by atoms with van der Waals surface area (Å²) in [5.74, 6) is -0.761. The van der Waals surface area contributed by atoms with Crippen molar-refractivity contribution in [2.45, 2.75) is 66.0 Å². The fourth-order valence-corrected chi connectivity index (χ4v) is 6.48. The van der Waals surface area contributed by atoms with Gasteiger partial charge in [-0.2, -0.15) is 0 Å². The monoisotopic (exact) mass is 698 g/mol. The Morgan fingerprint density at radius 2 is 1.47 bits per heavy atom. The van der Waals surface area contributed by atoms with Crippen molar-refractivity contribution in [1.29, 1.82) is 0 Å². The van der Waals surface area contributed by atoms with Gasteiger partial charge in [0.1, 0.15) is 6.61 Å². The van der Waals surface area contributed by atoms with Gasteiger partial charge in [0.05, 0.1) is 34.6 Å². The van der Waals surface area contributed by atoms with Gasteiger partial charge in [-0.15, -0.1) is 6.58 Å². The molecule has 1 saturated heterocycles. The quantitative estimate of drug-likeness (QED) is 0.0399. The maximum absolute atomic E-state index is 12.3. The first kappa shape index (κ1) is 45.5. The Bertz CT molecular complexity index is 1220. The van der Waals surface area contributed by atoms with Gasteiger partial charge in [-0.3, -0.25) is 9.80 Å². The van der Waals surface area contributed by atoms with Crippen molar-refractivity contribution in [1.82, 2.24) is 9.80 Å². The molecule has 10 heteroatoms. The summed E-state index contributed by atoms with van der Waals surface area (Å²) in [5, 5.41) is 0. The first-order chi connectivity index (χ1) is 22.9. The number of hydrogen-bond acceptors (Lipinski definition) is 9. The van der Waals surface area contributed by atoms with Gasteiger partial charge in [0, 0.05) is 39.7 Å². The van der Waals surface area contributed by atoms with Gasteiger partial charge in [0.15, 0.2) is 11.4 Å². The van der Waals surface area contributed by atoms with Crippen molar-refractivity contribution in [3.63, 3.8) is 0 Å². The van der Waals surface area contributed by atoms with Gasteiger partial charge in [-0.25, -0.2) is 9.59 Å². The molecule has 2 aromatic rings. The lowest BCUT2D eigenvalue weighted by Crippen LogP contribution is -2.45. The van der Waals surface area contributed by atoms with E-state index in [1.54, 1.807) is 20.1 Å². The molecule has 0 N–H and O–H groups in total. The lowest BCUT2D eigenvalue weighted by Gasteiger charge is -2.28. The Kier molecular flexibility index (Phi) is 23.6. The predicted octanol–water partition coefficient (Wildman–Crippen LogP) is 7.27. The van der Waals surface area contributed by atoms with Gasteiger partial charge >= 0.3 is 11.9 Å². The molecule has 0 aliphatic carbocycles. The van der Waals surface area contributed by atoms with Crippen LogP contribution in [0.1, 0.15) is 38.8 Å². The van der Waals surface area contributed by atoms with Gasteiger partial charge in [-0.05, 0) is 37.7 Å². The molecule has 1 aliphatic rings. The van der Waals surface area contributed by atoms with Crippen molar-refractivity contribution in [2.75, 3.05) is 59.5 Å². The van der Waals surface area contributed by atoms with E-state index in [9.17, 15) is 9.59 Å². The minimum absolute atomic E-state index is 0. The molecule has 0 amide bonds.